The van der Waals surface area contributed by atoms with E-state index in [0.717, 1.165) is 0 Å². The summed E-state index contributed by atoms with van der Waals surface area (Å²) < 4.78 is 1.75. The molecule has 180 valence electrons. The molecule has 5 rings (SSSR count). The van der Waals surface area contributed by atoms with Gasteiger partial charge in [0.05, 0.1) is 42.6 Å². The number of hydrogen-bond acceptors (Lipinski definition) is 6. The number of non-ortho nitro benzene ring substituents is 1. The topological polar surface area (TPSA) is 119 Å². The van der Waals surface area contributed by atoms with Crippen LogP contribution in [0.1, 0.15) is 18.3 Å². The van der Waals surface area contributed by atoms with E-state index in [1.54, 1.807) is 67.1 Å². The molecule has 0 unspecified atom stereocenters. The van der Waals surface area contributed by atoms with Gasteiger partial charge < -0.3 is 14.9 Å². The summed E-state index contributed by atoms with van der Waals surface area (Å²) in [5.41, 5.74) is 3.11. The normalized spacial score (nSPS) is 11.8. The van der Waals surface area contributed by atoms with Gasteiger partial charge in [-0.3, -0.25) is 14.9 Å². The molecule has 2 heterocycles. The molecule has 0 radical (unpaired) electrons. The van der Waals surface area contributed by atoms with Crippen molar-refractivity contribution in [1.82, 2.24) is 19.5 Å². The second-order valence-electron chi connectivity index (χ2n) is 8.14. The summed E-state index contributed by atoms with van der Waals surface area (Å²) in [5.74, 6) is 0.819. The average molecular weight is 521 g/mol. The number of anilines is 2. The molecule has 0 spiro atoms. The molecule has 3 aromatic carbocycles. The highest BCUT2D eigenvalue weighted by Gasteiger charge is 2.17. The first-order valence-electron chi connectivity index (χ1n) is 10.8. The monoisotopic (exact) mass is 520 g/mol. The highest BCUT2D eigenvalue weighted by Crippen LogP contribution is 2.34. The maximum atomic E-state index is 13.2. The Morgan fingerprint density at radius 3 is 2.50 bits per heavy atom. The van der Waals surface area contributed by atoms with Crippen LogP contribution in [-0.4, -0.2) is 24.4 Å². The van der Waals surface area contributed by atoms with Gasteiger partial charge in [0.1, 0.15) is 5.82 Å². The van der Waals surface area contributed by atoms with Crippen LogP contribution in [0.4, 0.5) is 17.3 Å². The zero-order chi connectivity index (χ0) is 25.6. The van der Waals surface area contributed by atoms with Crippen molar-refractivity contribution in [3.8, 4) is 0 Å². The number of para-hydroxylation sites is 1. The lowest BCUT2D eigenvalue weighted by molar-refractivity contribution is -0.384. The minimum absolute atomic E-state index is 0.0161. The van der Waals surface area contributed by atoms with Gasteiger partial charge in [0, 0.05) is 19.2 Å². The molecular weight excluding hydrogens is 503 g/mol. The molecule has 2 N–H and O–H groups in total. The predicted octanol–water partition coefficient (Wildman–Crippen LogP) is 6.33. The maximum Gasteiger partial charge on any atom is 0.270 e. The van der Waals surface area contributed by atoms with E-state index >= 15 is 0 Å². The summed E-state index contributed by atoms with van der Waals surface area (Å²) >= 11 is 12.6. The molecule has 0 aliphatic rings. The van der Waals surface area contributed by atoms with Crippen molar-refractivity contribution in [2.45, 2.75) is 6.92 Å². The van der Waals surface area contributed by atoms with Crippen LogP contribution in [-0.2, 0) is 7.05 Å². The number of H-pyrrole nitrogens is 1. The first-order valence-corrected chi connectivity index (χ1v) is 11.5. The van der Waals surface area contributed by atoms with Gasteiger partial charge in [-0.15, -0.1) is 0 Å². The van der Waals surface area contributed by atoms with E-state index < -0.39 is 4.92 Å². The molecule has 0 saturated carbocycles. The van der Waals surface area contributed by atoms with Crippen LogP contribution in [0.2, 0.25) is 10.0 Å². The number of nitrogens with zero attached hydrogens (tertiary/aromatic N) is 4. The Bertz CT molecular complexity index is 1750. The second kappa shape index (κ2) is 9.10. The summed E-state index contributed by atoms with van der Waals surface area (Å²) in [6.07, 6.45) is 1.73. The van der Waals surface area contributed by atoms with Crippen molar-refractivity contribution >= 4 is 74.1 Å². The predicted molar refractivity (Wildman–Crippen MR) is 143 cm³/mol. The molecule has 11 heteroatoms. The Balaban J connectivity index is 1.59. The van der Waals surface area contributed by atoms with Crippen LogP contribution in [0.25, 0.3) is 33.6 Å². The number of aromatic nitrogens is 4. The van der Waals surface area contributed by atoms with E-state index in [2.05, 4.69) is 20.3 Å². The Kier molecular flexibility index (Phi) is 5.95. The number of allylic oxidation sites excluding steroid dienone is 1. The summed E-state index contributed by atoms with van der Waals surface area (Å²) in [7, 11) is 1.78. The van der Waals surface area contributed by atoms with Crippen molar-refractivity contribution < 1.29 is 4.92 Å². The minimum Gasteiger partial charge on any atom is -0.323 e. The van der Waals surface area contributed by atoms with Crippen LogP contribution < -0.4 is 10.9 Å². The van der Waals surface area contributed by atoms with Crippen molar-refractivity contribution in [2.75, 3.05) is 5.32 Å². The van der Waals surface area contributed by atoms with Gasteiger partial charge in [0.2, 0.25) is 5.95 Å². The van der Waals surface area contributed by atoms with Crippen molar-refractivity contribution in [3.05, 3.63) is 96.5 Å². The fraction of sp³-hybridized carbons (Fsp3) is 0.0800. The lowest BCUT2D eigenvalue weighted by Crippen LogP contribution is -2.12. The van der Waals surface area contributed by atoms with Gasteiger partial charge in [-0.05, 0) is 48.4 Å². The minimum atomic E-state index is -0.454. The molecule has 9 nitrogen and oxygen atoms in total. The highest BCUT2D eigenvalue weighted by molar-refractivity contribution is 6.39. The standard InChI is InChI=1S/C25H18Cl2N6O3/c1-13(11-14-5-3-6-15(12-14)33(35)36)23-28-18-9-10-19-22(20(18)24(34)31-23)32(2)25(29-19)30-21-16(26)7-4-8-17(21)27/h3-12H,1-2H3,(H,29,30)(H,28,31,34). The first-order chi connectivity index (χ1) is 17.2. The van der Waals surface area contributed by atoms with E-state index in [1.165, 1.54) is 12.1 Å². The number of nitro groups is 1. The molecule has 0 fully saturated rings. The Labute approximate surface area is 214 Å². The number of aromatic amines is 1. The van der Waals surface area contributed by atoms with Crippen LogP contribution in [0.3, 0.4) is 0 Å². The van der Waals surface area contributed by atoms with Crippen LogP contribution in [0.15, 0.2) is 59.4 Å². The van der Waals surface area contributed by atoms with E-state index in [4.69, 9.17) is 23.2 Å². The number of rotatable bonds is 5. The summed E-state index contributed by atoms with van der Waals surface area (Å²) in [4.78, 5) is 35.9. The van der Waals surface area contributed by atoms with Crippen molar-refractivity contribution in [3.63, 3.8) is 0 Å². The second-order valence-corrected chi connectivity index (χ2v) is 8.95. The molecule has 36 heavy (non-hydrogen) atoms. The fourth-order valence-corrected chi connectivity index (χ4v) is 4.50. The van der Waals surface area contributed by atoms with E-state index in [1.807, 2.05) is 0 Å². The molecule has 2 aromatic heterocycles. The first kappa shape index (κ1) is 23.5. The van der Waals surface area contributed by atoms with E-state index in [-0.39, 0.29) is 11.2 Å². The van der Waals surface area contributed by atoms with Gasteiger partial charge >= 0.3 is 0 Å². The zero-order valence-electron chi connectivity index (χ0n) is 19.0. The number of halogens is 2. The zero-order valence-corrected chi connectivity index (χ0v) is 20.6. The molecule has 5 aromatic rings. The Morgan fingerprint density at radius 2 is 1.78 bits per heavy atom. The van der Waals surface area contributed by atoms with Crippen molar-refractivity contribution in [1.29, 1.82) is 0 Å². The summed E-state index contributed by atoms with van der Waals surface area (Å²) in [6, 6.07) is 14.9. The number of imidazole rings is 1. The van der Waals surface area contributed by atoms with Crippen LogP contribution in [0.5, 0.6) is 0 Å². The third kappa shape index (κ3) is 4.19. The molecule has 0 saturated heterocycles. The van der Waals surface area contributed by atoms with Gasteiger partial charge in [-0.2, -0.15) is 0 Å². The van der Waals surface area contributed by atoms with Gasteiger partial charge in [-0.25, -0.2) is 9.97 Å². The highest BCUT2D eigenvalue weighted by atomic mass is 35.5. The number of hydrogen-bond donors (Lipinski definition) is 2. The van der Waals surface area contributed by atoms with Crippen molar-refractivity contribution in [2.24, 2.45) is 7.05 Å². The van der Waals surface area contributed by atoms with Gasteiger partial charge in [0.15, 0.2) is 0 Å². The molecule has 0 aliphatic heterocycles. The number of aryl methyl sites for hydroxylation is 1. The van der Waals surface area contributed by atoms with Gasteiger partial charge in [0.25, 0.3) is 11.2 Å². The third-order valence-electron chi connectivity index (χ3n) is 5.74. The molecule has 0 aliphatic carbocycles. The average Bonchev–Trinajstić information content (AvgIpc) is 3.16. The summed E-state index contributed by atoms with van der Waals surface area (Å²) in [6.45, 7) is 1.78. The molecule has 0 atom stereocenters. The molecular formula is C25H18Cl2N6O3. The summed E-state index contributed by atoms with van der Waals surface area (Å²) in [5, 5.41) is 15.5. The van der Waals surface area contributed by atoms with Crippen LogP contribution in [0, 0.1) is 10.1 Å². The largest absolute Gasteiger partial charge is 0.323 e. The quantitative estimate of drug-likeness (QED) is 0.206. The smallest absolute Gasteiger partial charge is 0.270 e. The number of nitro benzene ring substituents is 1. The lowest BCUT2D eigenvalue weighted by atomic mass is 10.1. The molecule has 0 amide bonds. The molecule has 0 bridgehead atoms. The SMILES string of the molecule is CC(=Cc1cccc([N+](=O)[O-])c1)c1nc2ccc3nc(Nc4c(Cl)cccc4Cl)n(C)c3c2c(=O)[nH]1. The lowest BCUT2D eigenvalue weighted by Gasteiger charge is -2.10. The van der Waals surface area contributed by atoms with Crippen LogP contribution >= 0.6 is 23.2 Å². The van der Waals surface area contributed by atoms with Gasteiger partial charge in [-0.1, -0.05) is 41.4 Å². The number of benzene rings is 3. The van der Waals surface area contributed by atoms with E-state index in [0.29, 0.717) is 60.6 Å². The number of fused-ring (bicyclic) bond motifs is 3. The van der Waals surface area contributed by atoms with E-state index in [9.17, 15) is 14.9 Å². The Morgan fingerprint density at radius 1 is 1.08 bits per heavy atom. The Hall–Kier alpha value is -4.21. The number of nitrogens with one attached hydrogen (secondary N) is 2. The fourth-order valence-electron chi connectivity index (χ4n) is 4.00. The maximum absolute atomic E-state index is 13.2. The third-order valence-corrected chi connectivity index (χ3v) is 6.37.